The van der Waals surface area contributed by atoms with Crippen LogP contribution in [0, 0.1) is 5.82 Å². The second kappa shape index (κ2) is 11.3. The quantitative estimate of drug-likeness (QED) is 0.573. The molecule has 1 N–H and O–H groups in total. The van der Waals surface area contributed by atoms with Crippen LogP contribution in [0.25, 0.3) is 0 Å². The number of aryl methyl sites for hydroxylation is 1. The van der Waals surface area contributed by atoms with E-state index in [9.17, 15) is 14.0 Å². The van der Waals surface area contributed by atoms with Crippen molar-refractivity contribution in [3.05, 3.63) is 71.0 Å². The minimum Gasteiger partial charge on any atom is -0.352 e. The third-order valence-corrected chi connectivity index (χ3v) is 6.44. The first-order valence-electron chi connectivity index (χ1n) is 11.8. The van der Waals surface area contributed by atoms with Crippen molar-refractivity contribution in [2.45, 2.75) is 83.8 Å². The Morgan fingerprint density at radius 3 is 2.31 bits per heavy atom. The first-order chi connectivity index (χ1) is 15.3. The zero-order chi connectivity index (χ0) is 23.1. The smallest absolute Gasteiger partial charge is 0.242 e. The summed E-state index contributed by atoms with van der Waals surface area (Å²) in [4.78, 5) is 27.6. The molecule has 2 aromatic rings. The van der Waals surface area contributed by atoms with Crippen molar-refractivity contribution >= 4 is 11.8 Å². The normalized spacial score (nSPS) is 15.0. The van der Waals surface area contributed by atoms with Gasteiger partial charge < -0.3 is 10.2 Å². The van der Waals surface area contributed by atoms with Gasteiger partial charge >= 0.3 is 0 Å². The Balaban J connectivity index is 1.70. The lowest BCUT2D eigenvalue weighted by molar-refractivity contribution is -0.140. The van der Waals surface area contributed by atoms with Crippen LogP contribution in [0.4, 0.5) is 4.39 Å². The fourth-order valence-corrected chi connectivity index (χ4v) is 4.25. The van der Waals surface area contributed by atoms with E-state index in [1.165, 1.54) is 16.5 Å². The minimum absolute atomic E-state index is 0.0804. The number of amides is 2. The Morgan fingerprint density at radius 1 is 1.03 bits per heavy atom. The summed E-state index contributed by atoms with van der Waals surface area (Å²) in [6.45, 7) is 6.12. The van der Waals surface area contributed by atoms with Crippen molar-refractivity contribution in [3.63, 3.8) is 0 Å². The van der Waals surface area contributed by atoms with Crippen molar-refractivity contribution in [1.82, 2.24) is 10.2 Å². The first kappa shape index (κ1) is 24.0. The summed E-state index contributed by atoms with van der Waals surface area (Å²) in [5, 5.41) is 3.08. The maximum atomic E-state index is 14.3. The van der Waals surface area contributed by atoms with Crippen molar-refractivity contribution in [1.29, 1.82) is 0 Å². The van der Waals surface area contributed by atoms with Crippen LogP contribution in [-0.4, -0.2) is 28.8 Å². The lowest BCUT2D eigenvalue weighted by atomic mass is 10.00. The Bertz CT molecular complexity index is 904. The van der Waals surface area contributed by atoms with Gasteiger partial charge in [0.2, 0.25) is 11.8 Å². The highest BCUT2D eigenvalue weighted by molar-refractivity contribution is 5.87. The molecule has 0 spiro atoms. The molecule has 0 saturated heterocycles. The van der Waals surface area contributed by atoms with Crippen LogP contribution in [0.2, 0.25) is 0 Å². The van der Waals surface area contributed by atoms with Gasteiger partial charge in [-0.2, -0.15) is 0 Å². The number of benzene rings is 2. The van der Waals surface area contributed by atoms with Gasteiger partial charge in [0.15, 0.2) is 0 Å². The Morgan fingerprint density at radius 2 is 1.69 bits per heavy atom. The monoisotopic (exact) mass is 438 g/mol. The van der Waals surface area contributed by atoms with Crippen LogP contribution in [0.5, 0.6) is 0 Å². The van der Waals surface area contributed by atoms with E-state index in [4.69, 9.17) is 0 Å². The predicted octanol–water partition coefficient (Wildman–Crippen LogP) is 5.36. The topological polar surface area (TPSA) is 49.4 Å². The van der Waals surface area contributed by atoms with E-state index in [-0.39, 0.29) is 36.6 Å². The molecule has 0 aliphatic heterocycles. The van der Waals surface area contributed by atoms with Gasteiger partial charge in [-0.1, -0.05) is 69.2 Å². The number of carbonyl (C=O) groups is 2. The number of carbonyl (C=O) groups excluding carboxylic acids is 2. The molecule has 5 heteroatoms. The highest BCUT2D eigenvalue weighted by Gasteiger charge is 2.28. The summed E-state index contributed by atoms with van der Waals surface area (Å²) in [6, 6.07) is 14.3. The molecule has 2 amide bonds. The SMILES string of the molecule is CC(C)c1ccc(CCC(=O)N(Cc2ccccc2F)[C@H](C)C(=O)NC2CCCC2)cc1. The van der Waals surface area contributed by atoms with E-state index < -0.39 is 6.04 Å². The van der Waals surface area contributed by atoms with Crippen molar-refractivity contribution in [3.8, 4) is 0 Å². The van der Waals surface area contributed by atoms with Crippen molar-refractivity contribution in [2.24, 2.45) is 0 Å². The third kappa shape index (κ3) is 6.41. The van der Waals surface area contributed by atoms with Gasteiger partial charge in [0.1, 0.15) is 11.9 Å². The molecular formula is C27H35FN2O2. The largest absolute Gasteiger partial charge is 0.352 e. The number of hydrogen-bond donors (Lipinski definition) is 1. The fourth-order valence-electron chi connectivity index (χ4n) is 4.25. The molecule has 0 heterocycles. The summed E-state index contributed by atoms with van der Waals surface area (Å²) >= 11 is 0. The first-order valence-corrected chi connectivity index (χ1v) is 11.8. The van der Waals surface area contributed by atoms with Crippen LogP contribution >= 0.6 is 0 Å². The third-order valence-electron chi connectivity index (χ3n) is 6.44. The Labute approximate surface area is 191 Å². The summed E-state index contributed by atoms with van der Waals surface area (Å²) in [6.07, 6.45) is 5.05. The van der Waals surface area contributed by atoms with Gasteiger partial charge in [-0.3, -0.25) is 9.59 Å². The van der Waals surface area contributed by atoms with Gasteiger partial charge in [-0.05, 0) is 49.3 Å². The zero-order valence-electron chi connectivity index (χ0n) is 19.4. The van der Waals surface area contributed by atoms with E-state index in [0.717, 1.165) is 31.2 Å². The standard InChI is InChI=1S/C27H35FN2O2/c1-19(2)22-15-12-21(13-16-22)14-17-26(31)30(18-23-8-4-7-11-25(23)28)20(3)27(32)29-24-9-5-6-10-24/h4,7-8,11-13,15-16,19-20,24H,5-6,9-10,14,17-18H2,1-3H3,(H,29,32)/t20-/m1/s1. The Kier molecular flexibility index (Phi) is 8.43. The molecule has 1 aliphatic rings. The van der Waals surface area contributed by atoms with Crippen molar-refractivity contribution < 1.29 is 14.0 Å². The molecule has 4 nitrogen and oxygen atoms in total. The molecule has 0 unspecified atom stereocenters. The molecule has 1 fully saturated rings. The van der Waals surface area contributed by atoms with Gasteiger partial charge in [0, 0.05) is 24.6 Å². The minimum atomic E-state index is -0.661. The maximum Gasteiger partial charge on any atom is 0.242 e. The Hall–Kier alpha value is -2.69. The second-order valence-electron chi connectivity index (χ2n) is 9.18. The van der Waals surface area contributed by atoms with Gasteiger partial charge in [-0.25, -0.2) is 4.39 Å². The number of hydrogen-bond acceptors (Lipinski definition) is 2. The van der Waals surface area contributed by atoms with E-state index >= 15 is 0 Å². The highest BCUT2D eigenvalue weighted by Crippen LogP contribution is 2.20. The number of nitrogens with one attached hydrogen (secondary N) is 1. The van der Waals surface area contributed by atoms with E-state index in [1.807, 2.05) is 0 Å². The molecule has 0 radical (unpaired) electrons. The number of nitrogens with zero attached hydrogens (tertiary/aromatic N) is 1. The predicted molar refractivity (Wildman–Crippen MR) is 126 cm³/mol. The highest BCUT2D eigenvalue weighted by atomic mass is 19.1. The lowest BCUT2D eigenvalue weighted by Gasteiger charge is -2.30. The van der Waals surface area contributed by atoms with E-state index in [1.54, 1.807) is 25.1 Å². The lowest BCUT2D eigenvalue weighted by Crippen LogP contribution is -2.49. The fraction of sp³-hybridized carbons (Fsp3) is 0.481. The number of rotatable bonds is 9. The van der Waals surface area contributed by atoms with E-state index in [0.29, 0.717) is 17.9 Å². The summed E-state index contributed by atoms with van der Waals surface area (Å²) in [5.74, 6) is -0.211. The molecule has 2 aromatic carbocycles. The van der Waals surface area contributed by atoms with Crippen molar-refractivity contribution in [2.75, 3.05) is 0 Å². The molecule has 32 heavy (non-hydrogen) atoms. The van der Waals surface area contributed by atoms with Crippen LogP contribution in [-0.2, 0) is 22.6 Å². The van der Waals surface area contributed by atoms with E-state index in [2.05, 4.69) is 43.4 Å². The molecule has 0 bridgehead atoms. The molecule has 3 rings (SSSR count). The van der Waals surface area contributed by atoms with Crippen LogP contribution in [0.15, 0.2) is 48.5 Å². The van der Waals surface area contributed by atoms with Crippen LogP contribution in [0.3, 0.4) is 0 Å². The van der Waals surface area contributed by atoms with Gasteiger partial charge in [0.05, 0.1) is 0 Å². The van der Waals surface area contributed by atoms with Crippen LogP contribution in [0.1, 0.15) is 75.5 Å². The summed E-state index contributed by atoms with van der Waals surface area (Å²) in [5.41, 5.74) is 2.76. The molecule has 172 valence electrons. The summed E-state index contributed by atoms with van der Waals surface area (Å²) in [7, 11) is 0. The number of halogens is 1. The van der Waals surface area contributed by atoms with Crippen LogP contribution < -0.4 is 5.32 Å². The van der Waals surface area contributed by atoms with Gasteiger partial charge in [0.25, 0.3) is 0 Å². The maximum absolute atomic E-state index is 14.3. The second-order valence-corrected chi connectivity index (χ2v) is 9.18. The average Bonchev–Trinajstić information content (AvgIpc) is 3.29. The molecule has 1 atom stereocenters. The van der Waals surface area contributed by atoms with Gasteiger partial charge in [-0.15, -0.1) is 0 Å². The molecular weight excluding hydrogens is 403 g/mol. The molecule has 0 aromatic heterocycles. The summed E-state index contributed by atoms with van der Waals surface area (Å²) < 4.78 is 14.3. The average molecular weight is 439 g/mol. The molecule has 1 aliphatic carbocycles. The molecule has 1 saturated carbocycles. The zero-order valence-corrected chi connectivity index (χ0v) is 19.4.